The van der Waals surface area contributed by atoms with E-state index in [-0.39, 0.29) is 17.8 Å². The summed E-state index contributed by atoms with van der Waals surface area (Å²) >= 11 is 1.37. The van der Waals surface area contributed by atoms with Crippen molar-refractivity contribution in [3.05, 3.63) is 36.9 Å². The van der Waals surface area contributed by atoms with E-state index in [1.807, 2.05) is 41.9 Å². The van der Waals surface area contributed by atoms with Crippen LogP contribution in [0.4, 0.5) is 9.52 Å². The van der Waals surface area contributed by atoms with Crippen molar-refractivity contribution >= 4 is 16.5 Å². The van der Waals surface area contributed by atoms with Gasteiger partial charge >= 0.3 is 0 Å². The molecule has 0 amide bonds. The molecule has 3 aromatic rings. The molecule has 2 bridgehead atoms. The number of imidazole rings is 1. The van der Waals surface area contributed by atoms with Crippen LogP contribution in [0.1, 0.15) is 6.42 Å². The SMILES string of the molecule is CN1CC2CC1[C@H](F)[C@@H]2N(C)c1nnc(-c2ccc(-n3ccnc3)cc2O)s1. The van der Waals surface area contributed by atoms with Gasteiger partial charge in [-0.15, -0.1) is 10.2 Å². The number of hydrogen-bond acceptors (Lipinski definition) is 7. The maximum absolute atomic E-state index is 14.9. The van der Waals surface area contributed by atoms with E-state index >= 15 is 0 Å². The molecule has 1 aromatic carbocycles. The van der Waals surface area contributed by atoms with E-state index in [1.165, 1.54) is 11.3 Å². The number of halogens is 1. The Balaban J connectivity index is 1.39. The van der Waals surface area contributed by atoms with Gasteiger partial charge in [-0.3, -0.25) is 0 Å². The predicted octanol–water partition coefficient (Wildman–Crippen LogP) is 2.57. The van der Waals surface area contributed by atoms with E-state index < -0.39 is 6.17 Å². The first-order valence-electron chi connectivity index (χ1n) is 9.25. The van der Waals surface area contributed by atoms with Gasteiger partial charge in [-0.1, -0.05) is 11.3 Å². The highest BCUT2D eigenvalue weighted by Gasteiger charge is 2.53. The summed E-state index contributed by atoms with van der Waals surface area (Å²) in [5.74, 6) is 0.437. The Morgan fingerprint density at radius 3 is 2.86 bits per heavy atom. The highest BCUT2D eigenvalue weighted by atomic mass is 32.1. The number of benzene rings is 1. The highest BCUT2D eigenvalue weighted by Crippen LogP contribution is 2.43. The third-order valence-corrected chi connectivity index (χ3v) is 7.03. The lowest BCUT2D eigenvalue weighted by molar-refractivity contribution is 0.126. The molecule has 1 saturated heterocycles. The van der Waals surface area contributed by atoms with Crippen molar-refractivity contribution in [3.8, 4) is 22.0 Å². The second kappa shape index (κ2) is 6.52. The van der Waals surface area contributed by atoms with Gasteiger partial charge in [-0.25, -0.2) is 9.37 Å². The fourth-order valence-corrected chi connectivity index (χ4v) is 5.46. The van der Waals surface area contributed by atoms with Gasteiger partial charge in [0.2, 0.25) is 5.13 Å². The second-order valence-electron chi connectivity index (χ2n) is 7.61. The fourth-order valence-electron chi connectivity index (χ4n) is 4.58. The van der Waals surface area contributed by atoms with Crippen molar-refractivity contribution in [1.29, 1.82) is 0 Å². The third-order valence-electron chi connectivity index (χ3n) is 5.99. The molecule has 0 radical (unpaired) electrons. The molecule has 1 aliphatic heterocycles. The minimum Gasteiger partial charge on any atom is -0.507 e. The standard InChI is InChI=1S/C19H21FN6OS/c1-24-9-11-7-14(24)16(20)17(11)25(2)19-23-22-18(28-19)13-4-3-12(8-15(13)27)26-6-5-21-10-26/h3-6,8,10-11,14,16-17,27H,7,9H2,1-2H3/t11?,14?,16-,17+/m0/s1. The Labute approximate surface area is 166 Å². The molecule has 2 fully saturated rings. The van der Waals surface area contributed by atoms with Gasteiger partial charge in [-0.05, 0) is 31.5 Å². The molecule has 2 unspecified atom stereocenters. The molecule has 9 heteroatoms. The van der Waals surface area contributed by atoms with Crippen LogP contribution in [0.2, 0.25) is 0 Å². The van der Waals surface area contributed by atoms with Gasteiger partial charge in [0, 0.05) is 38.1 Å². The first-order chi connectivity index (χ1) is 13.5. The lowest BCUT2D eigenvalue weighted by Gasteiger charge is -2.36. The summed E-state index contributed by atoms with van der Waals surface area (Å²) in [7, 11) is 3.89. The predicted molar refractivity (Wildman–Crippen MR) is 106 cm³/mol. The van der Waals surface area contributed by atoms with E-state index in [2.05, 4.69) is 20.1 Å². The molecule has 3 heterocycles. The minimum atomic E-state index is -0.885. The van der Waals surface area contributed by atoms with Crippen molar-refractivity contribution in [3.63, 3.8) is 0 Å². The lowest BCUT2D eigenvalue weighted by Crippen LogP contribution is -2.51. The van der Waals surface area contributed by atoms with Crippen LogP contribution in [0.15, 0.2) is 36.9 Å². The van der Waals surface area contributed by atoms with Gasteiger partial charge in [-0.2, -0.15) is 0 Å². The first-order valence-corrected chi connectivity index (χ1v) is 10.1. The van der Waals surface area contributed by atoms with Gasteiger partial charge < -0.3 is 19.5 Å². The van der Waals surface area contributed by atoms with Gasteiger partial charge in [0.1, 0.15) is 11.9 Å². The average molecular weight is 400 g/mol. The van der Waals surface area contributed by atoms with Crippen molar-refractivity contribution in [1.82, 2.24) is 24.6 Å². The van der Waals surface area contributed by atoms with Crippen molar-refractivity contribution in [2.45, 2.75) is 24.7 Å². The van der Waals surface area contributed by atoms with E-state index in [4.69, 9.17) is 0 Å². The average Bonchev–Trinajstić information content (AvgIpc) is 3.45. The van der Waals surface area contributed by atoms with Crippen molar-refractivity contribution in [2.75, 3.05) is 25.5 Å². The Kier molecular flexibility index (Phi) is 4.09. The topological polar surface area (TPSA) is 70.3 Å². The number of piperidine rings is 1. The van der Waals surface area contributed by atoms with Crippen LogP contribution >= 0.6 is 11.3 Å². The maximum atomic E-state index is 14.9. The number of anilines is 1. The Morgan fingerprint density at radius 1 is 1.32 bits per heavy atom. The number of aromatic nitrogens is 4. The fraction of sp³-hybridized carbons (Fsp3) is 0.421. The molecule has 28 heavy (non-hydrogen) atoms. The van der Waals surface area contributed by atoms with Gasteiger partial charge in [0.25, 0.3) is 0 Å². The molecule has 2 aromatic heterocycles. The molecule has 7 nitrogen and oxygen atoms in total. The second-order valence-corrected chi connectivity index (χ2v) is 8.57. The molecule has 2 aliphatic rings. The van der Waals surface area contributed by atoms with E-state index in [0.717, 1.165) is 18.7 Å². The van der Waals surface area contributed by atoms with Gasteiger partial charge in [0.15, 0.2) is 5.01 Å². The van der Waals surface area contributed by atoms with Crippen LogP contribution in [0, 0.1) is 5.92 Å². The Morgan fingerprint density at radius 2 is 2.18 bits per heavy atom. The summed E-state index contributed by atoms with van der Waals surface area (Å²) in [6.07, 6.45) is 5.18. The summed E-state index contributed by atoms with van der Waals surface area (Å²) in [5.41, 5.74) is 1.43. The zero-order valence-corrected chi connectivity index (χ0v) is 16.4. The van der Waals surface area contributed by atoms with Crippen LogP contribution in [0.25, 0.3) is 16.3 Å². The van der Waals surface area contributed by atoms with Crippen LogP contribution in [-0.4, -0.2) is 68.7 Å². The summed E-state index contributed by atoms with van der Waals surface area (Å²) in [4.78, 5) is 8.07. The summed E-state index contributed by atoms with van der Waals surface area (Å²) in [6.45, 7) is 0.919. The van der Waals surface area contributed by atoms with E-state index in [1.54, 1.807) is 18.6 Å². The summed E-state index contributed by atoms with van der Waals surface area (Å²) < 4.78 is 16.7. The summed E-state index contributed by atoms with van der Waals surface area (Å²) in [5, 5.41) is 20.3. The lowest BCUT2D eigenvalue weighted by atomic mass is 10.0. The molecule has 1 N–H and O–H groups in total. The molecule has 0 spiro atoms. The third kappa shape index (κ3) is 2.68. The molecular formula is C19H21FN6OS. The largest absolute Gasteiger partial charge is 0.507 e. The highest BCUT2D eigenvalue weighted by molar-refractivity contribution is 7.18. The monoisotopic (exact) mass is 400 g/mol. The molecule has 1 saturated carbocycles. The number of rotatable bonds is 4. The number of likely N-dealkylation sites (tertiary alicyclic amines) is 1. The molecule has 1 aliphatic carbocycles. The maximum Gasteiger partial charge on any atom is 0.208 e. The number of nitrogens with zero attached hydrogens (tertiary/aromatic N) is 6. The smallest absolute Gasteiger partial charge is 0.208 e. The number of hydrogen-bond donors (Lipinski definition) is 1. The number of phenolic OH excluding ortho intramolecular Hbond substituents is 1. The van der Waals surface area contributed by atoms with Crippen molar-refractivity contribution in [2.24, 2.45) is 5.92 Å². The number of fused-ring (bicyclic) bond motifs is 2. The van der Waals surface area contributed by atoms with Crippen molar-refractivity contribution < 1.29 is 9.50 Å². The molecule has 4 atom stereocenters. The van der Waals surface area contributed by atoms with Crippen LogP contribution < -0.4 is 4.90 Å². The molecule has 5 rings (SSSR count). The normalized spacial score (nSPS) is 26.8. The number of alkyl halides is 1. The minimum absolute atomic E-state index is 0.00427. The quantitative estimate of drug-likeness (QED) is 0.726. The zero-order chi connectivity index (χ0) is 19.4. The van der Waals surface area contributed by atoms with Crippen LogP contribution in [0.3, 0.4) is 0 Å². The molecular weight excluding hydrogens is 379 g/mol. The van der Waals surface area contributed by atoms with E-state index in [9.17, 15) is 9.50 Å². The summed E-state index contributed by atoms with van der Waals surface area (Å²) in [6, 6.07) is 5.22. The Hall–Kier alpha value is -2.52. The van der Waals surface area contributed by atoms with E-state index in [0.29, 0.717) is 21.6 Å². The number of aromatic hydroxyl groups is 1. The van der Waals surface area contributed by atoms with Crippen LogP contribution in [0.5, 0.6) is 5.75 Å². The van der Waals surface area contributed by atoms with Gasteiger partial charge in [0.05, 0.1) is 23.6 Å². The van der Waals surface area contributed by atoms with Crippen LogP contribution in [-0.2, 0) is 0 Å². The number of phenols is 1. The first kappa shape index (κ1) is 17.6. The Bertz CT molecular complexity index is 990. The molecule has 146 valence electrons. The zero-order valence-electron chi connectivity index (χ0n) is 15.6.